The molecule has 26 heavy (non-hydrogen) atoms. The second kappa shape index (κ2) is 6.86. The Balaban J connectivity index is 2.18. The van der Waals surface area contributed by atoms with Gasteiger partial charge in [-0.25, -0.2) is 0 Å². The summed E-state index contributed by atoms with van der Waals surface area (Å²) in [6, 6.07) is 13.5. The Hall–Kier alpha value is -2.17. The molecule has 0 radical (unpaired) electrons. The van der Waals surface area contributed by atoms with E-state index in [0.717, 1.165) is 22.0 Å². The average molecular weight is 371 g/mol. The number of halogens is 1. The van der Waals surface area contributed by atoms with Gasteiger partial charge in [-0.1, -0.05) is 43.6 Å². The quantitative estimate of drug-likeness (QED) is 0.645. The first-order valence-electron chi connectivity index (χ1n) is 8.69. The molecule has 5 heteroatoms. The van der Waals surface area contributed by atoms with Gasteiger partial charge in [0.2, 0.25) is 0 Å². The van der Waals surface area contributed by atoms with Gasteiger partial charge in [-0.05, 0) is 49.2 Å². The van der Waals surface area contributed by atoms with Gasteiger partial charge in [0, 0.05) is 16.3 Å². The molecular formula is C21H23ClN2O2. The minimum Gasteiger partial charge on any atom is -0.389 e. The monoisotopic (exact) mass is 370 g/mol. The van der Waals surface area contributed by atoms with E-state index in [0.29, 0.717) is 17.3 Å². The molecular weight excluding hydrogens is 348 g/mol. The third-order valence-corrected chi connectivity index (χ3v) is 4.48. The Labute approximate surface area is 158 Å². The van der Waals surface area contributed by atoms with Crippen molar-refractivity contribution in [3.63, 3.8) is 0 Å². The summed E-state index contributed by atoms with van der Waals surface area (Å²) in [5.74, 6) is -0.136. The number of aromatic nitrogens is 2. The summed E-state index contributed by atoms with van der Waals surface area (Å²) >= 11 is 5.98. The highest BCUT2D eigenvalue weighted by molar-refractivity contribution is 6.30. The molecule has 0 aliphatic rings. The van der Waals surface area contributed by atoms with Crippen LogP contribution in [0.15, 0.2) is 42.5 Å². The third-order valence-electron chi connectivity index (χ3n) is 4.22. The Kier molecular flexibility index (Phi) is 4.91. The molecule has 0 amide bonds. The number of nitrogens with zero attached hydrogens (tertiary/aromatic N) is 2. The molecule has 136 valence electrons. The van der Waals surface area contributed by atoms with E-state index >= 15 is 0 Å². The first kappa shape index (κ1) is 18.6. The second-order valence-electron chi connectivity index (χ2n) is 7.58. The fourth-order valence-corrected chi connectivity index (χ4v) is 3.06. The zero-order valence-electron chi connectivity index (χ0n) is 15.5. The van der Waals surface area contributed by atoms with Crippen LogP contribution in [0.5, 0.6) is 0 Å². The van der Waals surface area contributed by atoms with Crippen LogP contribution in [0.4, 0.5) is 0 Å². The highest BCUT2D eigenvalue weighted by Gasteiger charge is 2.23. The van der Waals surface area contributed by atoms with Crippen LogP contribution in [0.3, 0.4) is 0 Å². The molecule has 0 aliphatic heterocycles. The van der Waals surface area contributed by atoms with Crippen molar-refractivity contribution in [2.24, 2.45) is 5.92 Å². The van der Waals surface area contributed by atoms with Crippen molar-refractivity contribution in [1.82, 2.24) is 9.78 Å². The number of carbonyl (C=O) groups excluding carboxylic acids is 1. The number of carbonyl (C=O) groups is 1. The zero-order valence-corrected chi connectivity index (χ0v) is 16.2. The Bertz CT molecular complexity index is 951. The first-order valence-corrected chi connectivity index (χ1v) is 9.06. The number of aliphatic hydroxyl groups is 1. The number of hydrogen-bond acceptors (Lipinski definition) is 3. The van der Waals surface area contributed by atoms with E-state index in [1.165, 1.54) is 0 Å². The Morgan fingerprint density at radius 2 is 1.77 bits per heavy atom. The molecule has 0 spiro atoms. The molecule has 1 N–H and O–H groups in total. The lowest BCUT2D eigenvalue weighted by atomic mass is 10.00. The van der Waals surface area contributed by atoms with Crippen molar-refractivity contribution in [3.8, 4) is 11.1 Å². The number of ketones is 1. The maximum atomic E-state index is 12.6. The molecule has 0 saturated carbocycles. The summed E-state index contributed by atoms with van der Waals surface area (Å²) < 4.78 is 1.73. The number of fused-ring (bicyclic) bond motifs is 1. The van der Waals surface area contributed by atoms with Crippen LogP contribution >= 0.6 is 11.6 Å². The van der Waals surface area contributed by atoms with Gasteiger partial charge in [0.25, 0.3) is 0 Å². The van der Waals surface area contributed by atoms with Crippen molar-refractivity contribution in [3.05, 3.63) is 53.2 Å². The summed E-state index contributed by atoms with van der Waals surface area (Å²) in [6.07, 6.45) is 0. The lowest BCUT2D eigenvalue weighted by Gasteiger charge is -2.17. The molecule has 3 rings (SSSR count). The van der Waals surface area contributed by atoms with E-state index in [1.807, 2.05) is 56.3 Å². The fourth-order valence-electron chi connectivity index (χ4n) is 2.94. The SMILES string of the molecule is CC(C)C(=O)c1nn(CC(C)(C)O)c2cc(-c3ccc(Cl)cc3)ccc12. The van der Waals surface area contributed by atoms with Gasteiger partial charge in [0.1, 0.15) is 5.69 Å². The van der Waals surface area contributed by atoms with Crippen molar-refractivity contribution in [2.75, 3.05) is 0 Å². The maximum Gasteiger partial charge on any atom is 0.186 e. The molecule has 0 bridgehead atoms. The van der Waals surface area contributed by atoms with Crippen LogP contribution in [0.2, 0.25) is 5.02 Å². The van der Waals surface area contributed by atoms with E-state index in [1.54, 1.807) is 18.5 Å². The highest BCUT2D eigenvalue weighted by atomic mass is 35.5. The predicted molar refractivity (Wildman–Crippen MR) is 106 cm³/mol. The van der Waals surface area contributed by atoms with Crippen molar-refractivity contribution < 1.29 is 9.90 Å². The van der Waals surface area contributed by atoms with Gasteiger partial charge in [-0.3, -0.25) is 9.48 Å². The molecule has 2 aromatic carbocycles. The van der Waals surface area contributed by atoms with E-state index < -0.39 is 5.60 Å². The average Bonchev–Trinajstić information content (AvgIpc) is 2.91. The third kappa shape index (κ3) is 3.81. The summed E-state index contributed by atoms with van der Waals surface area (Å²) in [5, 5.41) is 16.3. The maximum absolute atomic E-state index is 12.6. The van der Waals surface area contributed by atoms with Crippen LogP contribution < -0.4 is 0 Å². The van der Waals surface area contributed by atoms with Gasteiger partial charge in [-0.2, -0.15) is 5.10 Å². The fraction of sp³-hybridized carbons (Fsp3) is 0.333. The highest BCUT2D eigenvalue weighted by Crippen LogP contribution is 2.29. The topological polar surface area (TPSA) is 55.1 Å². The lowest BCUT2D eigenvalue weighted by Crippen LogP contribution is -2.26. The van der Waals surface area contributed by atoms with Gasteiger partial charge < -0.3 is 5.11 Å². The minimum absolute atomic E-state index is 0.00346. The second-order valence-corrected chi connectivity index (χ2v) is 8.01. The predicted octanol–water partition coefficient (Wildman–Crippen LogP) is 4.97. The largest absolute Gasteiger partial charge is 0.389 e. The lowest BCUT2D eigenvalue weighted by molar-refractivity contribution is 0.0587. The molecule has 1 heterocycles. The minimum atomic E-state index is -0.937. The van der Waals surface area contributed by atoms with Crippen LogP contribution in [0.25, 0.3) is 22.0 Å². The number of rotatable bonds is 5. The van der Waals surface area contributed by atoms with Crippen LogP contribution in [0.1, 0.15) is 38.2 Å². The van der Waals surface area contributed by atoms with Crippen molar-refractivity contribution in [2.45, 2.75) is 39.8 Å². The smallest absolute Gasteiger partial charge is 0.186 e. The molecule has 0 saturated heterocycles. The van der Waals surface area contributed by atoms with E-state index in [2.05, 4.69) is 5.10 Å². The zero-order chi connectivity index (χ0) is 19.1. The van der Waals surface area contributed by atoms with Crippen LogP contribution in [-0.4, -0.2) is 26.3 Å². The van der Waals surface area contributed by atoms with Gasteiger partial charge in [0.15, 0.2) is 5.78 Å². The van der Waals surface area contributed by atoms with Crippen molar-refractivity contribution in [1.29, 1.82) is 0 Å². The van der Waals surface area contributed by atoms with Crippen LogP contribution in [-0.2, 0) is 6.54 Å². The molecule has 4 nitrogen and oxygen atoms in total. The summed E-state index contributed by atoms with van der Waals surface area (Å²) in [7, 11) is 0. The summed E-state index contributed by atoms with van der Waals surface area (Å²) in [6.45, 7) is 7.50. The molecule has 0 aliphatic carbocycles. The standard InChI is InChI=1S/C21H23ClN2O2/c1-13(2)20(25)19-17-10-7-15(14-5-8-16(22)9-6-14)11-18(17)24(23-19)12-21(3,4)26/h5-11,13,26H,12H2,1-4H3. The summed E-state index contributed by atoms with van der Waals surface area (Å²) in [5.41, 5.74) is 2.40. The molecule has 0 fully saturated rings. The summed E-state index contributed by atoms with van der Waals surface area (Å²) in [4.78, 5) is 12.6. The number of Topliss-reactive ketones (excluding diaryl/α,β-unsaturated/α-hetero) is 1. The van der Waals surface area contributed by atoms with Gasteiger partial charge in [-0.15, -0.1) is 0 Å². The number of hydrogen-bond donors (Lipinski definition) is 1. The van der Waals surface area contributed by atoms with Crippen molar-refractivity contribution >= 4 is 28.3 Å². The van der Waals surface area contributed by atoms with E-state index in [-0.39, 0.29) is 11.7 Å². The molecule has 0 unspecified atom stereocenters. The van der Waals surface area contributed by atoms with Crippen LogP contribution in [0, 0.1) is 5.92 Å². The molecule has 3 aromatic rings. The Morgan fingerprint density at radius 1 is 1.15 bits per heavy atom. The van der Waals surface area contributed by atoms with E-state index in [4.69, 9.17) is 11.6 Å². The normalized spacial score (nSPS) is 12.1. The van der Waals surface area contributed by atoms with E-state index in [9.17, 15) is 9.90 Å². The van der Waals surface area contributed by atoms with Gasteiger partial charge in [0.05, 0.1) is 17.7 Å². The first-order chi connectivity index (χ1) is 12.2. The molecule has 0 atom stereocenters. The Morgan fingerprint density at radius 3 is 2.35 bits per heavy atom. The molecule has 1 aromatic heterocycles. The number of benzene rings is 2. The van der Waals surface area contributed by atoms with Gasteiger partial charge >= 0.3 is 0 Å².